The number of hydrazine groups is 1. The molecule has 9 heteroatoms. The summed E-state index contributed by atoms with van der Waals surface area (Å²) in [5.74, 6) is 4.39. The minimum absolute atomic E-state index is 0.00663. The normalized spacial score (nSPS) is 16.3. The Morgan fingerprint density at radius 2 is 1.74 bits per heavy atom. The molecule has 0 saturated heterocycles. The molecule has 4 N–H and O–H groups in total. The highest BCUT2D eigenvalue weighted by molar-refractivity contribution is 6.00. The Morgan fingerprint density at radius 3 is 2.31 bits per heavy atom. The molecule has 0 bridgehead atoms. The van der Waals surface area contributed by atoms with Crippen LogP contribution in [0.2, 0.25) is 0 Å². The van der Waals surface area contributed by atoms with Gasteiger partial charge in [-0.25, -0.2) is 19.7 Å². The van der Waals surface area contributed by atoms with Gasteiger partial charge in [0.1, 0.15) is 11.5 Å². The molecule has 0 radical (unpaired) electrons. The maximum absolute atomic E-state index is 16.1. The summed E-state index contributed by atoms with van der Waals surface area (Å²) in [4.78, 5) is 2.24. The molecule has 0 saturated carbocycles. The lowest BCUT2D eigenvalue weighted by Gasteiger charge is -2.39. The zero-order valence-corrected chi connectivity index (χ0v) is 24.9. The first kappa shape index (κ1) is 32.2. The van der Waals surface area contributed by atoms with Gasteiger partial charge < -0.3 is 5.73 Å². The Hall–Kier alpha value is -4.31. The Morgan fingerprint density at radius 1 is 1.07 bits per heavy atom. The third-order valence-corrected chi connectivity index (χ3v) is 7.38. The highest BCUT2D eigenvalue weighted by Crippen LogP contribution is 2.39. The SMILES string of the molecule is CCN(CC(C)C(C1=CCC(F)=CC(/C(N)=N/N(C)N)=C1)C(C)(C)F)C(c1ccc(C#N)cc1)c1cccc(C#N)c1. The van der Waals surface area contributed by atoms with Gasteiger partial charge in [-0.2, -0.15) is 10.5 Å². The molecule has 0 aliphatic heterocycles. The van der Waals surface area contributed by atoms with Crippen molar-refractivity contribution in [1.29, 1.82) is 10.5 Å². The van der Waals surface area contributed by atoms with Gasteiger partial charge in [0.05, 0.1) is 29.3 Å². The zero-order chi connectivity index (χ0) is 31.0. The number of amidine groups is 1. The molecule has 1 aliphatic carbocycles. The largest absolute Gasteiger partial charge is 0.382 e. The number of nitriles is 2. The molecule has 3 atom stereocenters. The predicted molar refractivity (Wildman–Crippen MR) is 163 cm³/mol. The van der Waals surface area contributed by atoms with E-state index in [1.165, 1.54) is 27.0 Å². The number of allylic oxidation sites excluding steroid dienone is 4. The first-order valence-corrected chi connectivity index (χ1v) is 13.9. The molecule has 2 aromatic carbocycles. The first-order valence-electron chi connectivity index (χ1n) is 13.9. The summed E-state index contributed by atoms with van der Waals surface area (Å²) in [5, 5.41) is 23.9. The number of alkyl halides is 1. The Labute approximate surface area is 247 Å². The average Bonchev–Trinajstić information content (AvgIpc) is 3.13. The summed E-state index contributed by atoms with van der Waals surface area (Å²) in [7, 11) is 1.51. The number of halogens is 2. The van der Waals surface area contributed by atoms with E-state index in [-0.39, 0.29) is 24.2 Å². The van der Waals surface area contributed by atoms with E-state index in [9.17, 15) is 14.9 Å². The van der Waals surface area contributed by atoms with Gasteiger partial charge in [0.2, 0.25) is 0 Å². The molecule has 42 heavy (non-hydrogen) atoms. The van der Waals surface area contributed by atoms with Crippen molar-refractivity contribution in [3.63, 3.8) is 0 Å². The summed E-state index contributed by atoms with van der Waals surface area (Å²) in [5.41, 5.74) is 8.37. The molecule has 3 rings (SSSR count). The quantitative estimate of drug-likeness (QED) is 0.147. The van der Waals surface area contributed by atoms with Gasteiger partial charge in [0, 0.05) is 31.5 Å². The van der Waals surface area contributed by atoms with Gasteiger partial charge in [-0.3, -0.25) is 4.90 Å². The van der Waals surface area contributed by atoms with Crippen LogP contribution in [0.1, 0.15) is 62.4 Å². The summed E-state index contributed by atoms with van der Waals surface area (Å²) in [6, 6.07) is 18.9. The number of hydrogen-bond acceptors (Lipinski definition) is 6. The second-order valence-electron chi connectivity index (χ2n) is 11.1. The van der Waals surface area contributed by atoms with Crippen molar-refractivity contribution in [3.8, 4) is 12.1 Å². The zero-order valence-electron chi connectivity index (χ0n) is 24.9. The maximum Gasteiger partial charge on any atom is 0.152 e. The lowest BCUT2D eigenvalue weighted by Crippen LogP contribution is -2.41. The second-order valence-corrected chi connectivity index (χ2v) is 11.1. The minimum atomic E-state index is -1.66. The Bertz CT molecular complexity index is 1450. The van der Waals surface area contributed by atoms with Crippen molar-refractivity contribution < 1.29 is 8.78 Å². The van der Waals surface area contributed by atoms with Crippen LogP contribution in [0.4, 0.5) is 8.78 Å². The maximum atomic E-state index is 16.1. The molecule has 1 aliphatic rings. The van der Waals surface area contributed by atoms with Crippen LogP contribution in [-0.2, 0) is 0 Å². The Kier molecular flexibility index (Phi) is 10.8. The van der Waals surface area contributed by atoms with Crippen molar-refractivity contribution in [2.24, 2.45) is 28.5 Å². The molecule has 3 unspecified atom stereocenters. The van der Waals surface area contributed by atoms with Crippen LogP contribution in [0.5, 0.6) is 0 Å². The van der Waals surface area contributed by atoms with Crippen molar-refractivity contribution >= 4 is 5.84 Å². The number of rotatable bonds is 11. The summed E-state index contributed by atoms with van der Waals surface area (Å²) < 4.78 is 30.7. The summed E-state index contributed by atoms with van der Waals surface area (Å²) in [6.07, 6.45) is 4.72. The van der Waals surface area contributed by atoms with Gasteiger partial charge in [-0.15, -0.1) is 5.10 Å². The van der Waals surface area contributed by atoms with E-state index in [1.54, 1.807) is 30.4 Å². The fourth-order valence-electron chi connectivity index (χ4n) is 5.74. The number of nitrogens with two attached hydrogens (primary N) is 2. The third-order valence-electron chi connectivity index (χ3n) is 7.38. The van der Waals surface area contributed by atoms with Gasteiger partial charge in [0.15, 0.2) is 5.84 Å². The van der Waals surface area contributed by atoms with Crippen LogP contribution in [0.25, 0.3) is 0 Å². The lowest BCUT2D eigenvalue weighted by molar-refractivity contribution is 0.0843. The predicted octanol–water partition coefficient (Wildman–Crippen LogP) is 6.03. The number of benzene rings is 2. The number of nitrogens with zero attached hydrogens (tertiary/aromatic N) is 5. The van der Waals surface area contributed by atoms with Crippen LogP contribution < -0.4 is 11.6 Å². The molecule has 0 amide bonds. The molecule has 0 aromatic heterocycles. The van der Waals surface area contributed by atoms with Crippen LogP contribution in [-0.4, -0.2) is 41.7 Å². The summed E-state index contributed by atoms with van der Waals surface area (Å²) >= 11 is 0. The molecule has 0 heterocycles. The molecular formula is C33H39F2N7. The average molecular weight is 572 g/mol. The fourth-order valence-corrected chi connectivity index (χ4v) is 5.74. The molecule has 7 nitrogen and oxygen atoms in total. The van der Waals surface area contributed by atoms with Crippen LogP contribution in [0.3, 0.4) is 0 Å². The second kappa shape index (κ2) is 14.0. The standard InChI is InChI=1S/C33H39F2N7/c1-6-42(31(25-12-10-23(19-36)11-13-25)27-9-7-8-24(16-27)20-37)21-22(2)30(33(3,4)35)26-14-15-29(34)18-28(17-26)32(38)40-41(5)39/h7-14,16-18,22,30-31H,6,15,21,39H2,1-5H3,(H2,38,40). The van der Waals surface area contributed by atoms with E-state index in [0.29, 0.717) is 35.4 Å². The van der Waals surface area contributed by atoms with Gasteiger partial charge in [0.25, 0.3) is 0 Å². The van der Waals surface area contributed by atoms with Crippen LogP contribution in [0.15, 0.2) is 88.8 Å². The smallest absolute Gasteiger partial charge is 0.152 e. The Balaban J connectivity index is 2.06. The molecule has 0 spiro atoms. The molecular weight excluding hydrogens is 532 g/mol. The van der Waals surface area contributed by atoms with E-state index < -0.39 is 17.4 Å². The van der Waals surface area contributed by atoms with Gasteiger partial charge in [-0.05, 0) is 79.4 Å². The minimum Gasteiger partial charge on any atom is -0.382 e. The van der Waals surface area contributed by atoms with Crippen molar-refractivity contribution in [2.75, 3.05) is 20.1 Å². The van der Waals surface area contributed by atoms with E-state index in [0.717, 1.165) is 16.2 Å². The van der Waals surface area contributed by atoms with E-state index >= 15 is 4.39 Å². The number of hydrogen-bond donors (Lipinski definition) is 2. The highest BCUT2D eigenvalue weighted by Gasteiger charge is 2.38. The van der Waals surface area contributed by atoms with E-state index in [2.05, 4.69) is 22.1 Å². The first-order chi connectivity index (χ1) is 19.9. The van der Waals surface area contributed by atoms with Crippen LogP contribution in [0, 0.1) is 34.5 Å². The van der Waals surface area contributed by atoms with Gasteiger partial charge >= 0.3 is 0 Å². The monoisotopic (exact) mass is 571 g/mol. The van der Waals surface area contributed by atoms with E-state index in [1.807, 2.05) is 44.2 Å². The summed E-state index contributed by atoms with van der Waals surface area (Å²) in [6.45, 7) is 8.21. The van der Waals surface area contributed by atoms with Crippen molar-refractivity contribution in [3.05, 3.63) is 106 Å². The van der Waals surface area contributed by atoms with Crippen molar-refractivity contribution in [2.45, 2.75) is 45.8 Å². The molecule has 220 valence electrons. The fraction of sp³-hybridized carbons (Fsp3) is 0.364. The third kappa shape index (κ3) is 8.13. The van der Waals surface area contributed by atoms with Crippen molar-refractivity contribution in [1.82, 2.24) is 10.0 Å². The van der Waals surface area contributed by atoms with Crippen LogP contribution >= 0.6 is 0 Å². The number of hydrazone groups is 1. The highest BCUT2D eigenvalue weighted by atomic mass is 19.1. The van der Waals surface area contributed by atoms with Gasteiger partial charge in [-0.1, -0.05) is 44.2 Å². The van der Waals surface area contributed by atoms with E-state index in [4.69, 9.17) is 11.6 Å². The molecule has 2 aromatic rings. The molecule has 0 fully saturated rings. The topological polar surface area (TPSA) is 118 Å². The lowest BCUT2D eigenvalue weighted by atomic mass is 9.75.